The van der Waals surface area contributed by atoms with Gasteiger partial charge in [-0.1, -0.05) is 12.1 Å². The molecule has 0 aliphatic carbocycles. The zero-order valence-electron chi connectivity index (χ0n) is 16.3. The van der Waals surface area contributed by atoms with E-state index < -0.39 is 22.5 Å². The van der Waals surface area contributed by atoms with Gasteiger partial charge in [-0.15, -0.1) is 0 Å². The van der Waals surface area contributed by atoms with Crippen LogP contribution in [0.5, 0.6) is 5.75 Å². The summed E-state index contributed by atoms with van der Waals surface area (Å²) in [6.07, 6.45) is 2.65. The van der Waals surface area contributed by atoms with Gasteiger partial charge in [0, 0.05) is 12.3 Å². The van der Waals surface area contributed by atoms with Gasteiger partial charge in [0.25, 0.3) is 5.91 Å². The number of nitro groups is 1. The van der Waals surface area contributed by atoms with Crippen molar-refractivity contribution in [3.63, 3.8) is 0 Å². The number of halogens is 1. The van der Waals surface area contributed by atoms with Crippen LogP contribution < -0.4 is 10.2 Å². The zero-order valence-corrected chi connectivity index (χ0v) is 17.9. The molecular weight excluding hydrogens is 484 g/mol. The second kappa shape index (κ2) is 10.3. The standard InChI is InChI=1S/C21H15BrN4O6/c22-16-10-14(11-24-25-20(27)19-17(26(30)31)2-1-9-23-19)5-8-18(16)32-12-13-3-6-15(7-4-13)21(28)29/h1-11H,12H2,(H,25,27)(H,28,29)/b24-11+. The van der Waals surface area contributed by atoms with Crippen molar-refractivity contribution in [1.82, 2.24) is 10.4 Å². The van der Waals surface area contributed by atoms with E-state index in [4.69, 9.17) is 9.84 Å². The first-order chi connectivity index (χ1) is 15.3. The molecule has 0 saturated carbocycles. The van der Waals surface area contributed by atoms with E-state index in [1.54, 1.807) is 30.3 Å². The number of amides is 1. The van der Waals surface area contributed by atoms with Gasteiger partial charge in [-0.25, -0.2) is 15.2 Å². The van der Waals surface area contributed by atoms with Crippen molar-refractivity contribution in [2.45, 2.75) is 6.61 Å². The summed E-state index contributed by atoms with van der Waals surface area (Å²) in [7, 11) is 0. The maximum absolute atomic E-state index is 12.1. The lowest BCUT2D eigenvalue weighted by molar-refractivity contribution is -0.385. The molecule has 0 radical (unpaired) electrons. The predicted octanol–water partition coefficient (Wildman–Crippen LogP) is 3.79. The largest absolute Gasteiger partial charge is 0.488 e. The fourth-order valence-corrected chi connectivity index (χ4v) is 3.07. The average Bonchev–Trinajstić information content (AvgIpc) is 2.78. The average molecular weight is 499 g/mol. The highest BCUT2D eigenvalue weighted by molar-refractivity contribution is 9.10. The molecule has 2 aromatic carbocycles. The van der Waals surface area contributed by atoms with Gasteiger partial charge in [0.1, 0.15) is 12.4 Å². The number of carboxylic acids is 1. The molecule has 0 bridgehead atoms. The van der Waals surface area contributed by atoms with Gasteiger partial charge in [-0.3, -0.25) is 14.9 Å². The molecule has 3 aromatic rings. The number of ether oxygens (including phenoxy) is 1. The van der Waals surface area contributed by atoms with Crippen LogP contribution >= 0.6 is 15.9 Å². The number of carbonyl (C=O) groups is 2. The molecule has 11 heteroatoms. The van der Waals surface area contributed by atoms with E-state index in [0.29, 0.717) is 15.8 Å². The molecule has 0 atom stereocenters. The van der Waals surface area contributed by atoms with E-state index in [1.165, 1.54) is 36.7 Å². The molecule has 10 nitrogen and oxygen atoms in total. The Hall–Kier alpha value is -4.12. The van der Waals surface area contributed by atoms with Crippen LogP contribution in [-0.2, 0) is 6.61 Å². The van der Waals surface area contributed by atoms with Crippen molar-refractivity contribution in [2.75, 3.05) is 0 Å². The predicted molar refractivity (Wildman–Crippen MR) is 118 cm³/mol. The number of hydrazone groups is 1. The van der Waals surface area contributed by atoms with Gasteiger partial charge in [0.05, 0.1) is 21.2 Å². The Labute approximate surface area is 189 Å². The number of rotatable bonds is 8. The Kier molecular flexibility index (Phi) is 7.24. The normalized spacial score (nSPS) is 10.7. The minimum Gasteiger partial charge on any atom is -0.488 e. The van der Waals surface area contributed by atoms with Crippen molar-refractivity contribution in [2.24, 2.45) is 5.10 Å². The molecule has 0 saturated heterocycles. The van der Waals surface area contributed by atoms with Gasteiger partial charge < -0.3 is 9.84 Å². The first kappa shape index (κ1) is 22.6. The molecular formula is C21H15BrN4O6. The number of carbonyl (C=O) groups excluding carboxylic acids is 1. The summed E-state index contributed by atoms with van der Waals surface area (Å²) in [6.45, 7) is 0.241. The van der Waals surface area contributed by atoms with Crippen LogP contribution in [0.15, 0.2) is 70.4 Å². The number of nitrogens with one attached hydrogen (secondary N) is 1. The molecule has 2 N–H and O–H groups in total. The Morgan fingerprint density at radius 2 is 1.97 bits per heavy atom. The number of hydrogen-bond acceptors (Lipinski definition) is 7. The summed E-state index contributed by atoms with van der Waals surface area (Å²) in [5, 5.41) is 23.7. The maximum atomic E-state index is 12.1. The number of carboxylic acid groups (broad SMARTS) is 1. The van der Waals surface area contributed by atoms with Crippen molar-refractivity contribution in [1.29, 1.82) is 0 Å². The molecule has 1 aromatic heterocycles. The molecule has 0 aliphatic heterocycles. The van der Waals surface area contributed by atoms with Gasteiger partial charge in [-0.05, 0) is 63.5 Å². The lowest BCUT2D eigenvalue weighted by atomic mass is 10.1. The second-order valence-corrected chi connectivity index (χ2v) is 7.16. The van der Waals surface area contributed by atoms with E-state index in [-0.39, 0.29) is 17.9 Å². The van der Waals surface area contributed by atoms with Crippen LogP contribution in [0.2, 0.25) is 0 Å². The monoisotopic (exact) mass is 498 g/mol. The molecule has 0 unspecified atom stereocenters. The van der Waals surface area contributed by atoms with E-state index in [9.17, 15) is 19.7 Å². The third-order valence-electron chi connectivity index (χ3n) is 4.13. The fourth-order valence-electron chi connectivity index (χ4n) is 2.56. The second-order valence-electron chi connectivity index (χ2n) is 6.31. The van der Waals surface area contributed by atoms with Crippen LogP contribution in [-0.4, -0.2) is 33.1 Å². The van der Waals surface area contributed by atoms with Gasteiger partial charge >= 0.3 is 11.7 Å². The van der Waals surface area contributed by atoms with Gasteiger partial charge in [0.15, 0.2) is 0 Å². The van der Waals surface area contributed by atoms with Gasteiger partial charge in [-0.2, -0.15) is 5.10 Å². The van der Waals surface area contributed by atoms with Crippen molar-refractivity contribution < 1.29 is 24.4 Å². The van der Waals surface area contributed by atoms with E-state index >= 15 is 0 Å². The van der Waals surface area contributed by atoms with E-state index in [2.05, 4.69) is 31.4 Å². The lowest BCUT2D eigenvalue weighted by Gasteiger charge is -2.09. The van der Waals surface area contributed by atoms with Crippen molar-refractivity contribution >= 4 is 39.7 Å². The summed E-state index contributed by atoms with van der Waals surface area (Å²) >= 11 is 3.40. The number of nitrogens with zero attached hydrogens (tertiary/aromatic N) is 3. The number of aromatic nitrogens is 1. The quantitative estimate of drug-likeness (QED) is 0.273. The number of pyridine rings is 1. The number of hydrogen-bond donors (Lipinski definition) is 2. The molecule has 1 heterocycles. The molecule has 32 heavy (non-hydrogen) atoms. The van der Waals surface area contributed by atoms with Crippen molar-refractivity contribution in [3.05, 3.63) is 97.8 Å². The highest BCUT2D eigenvalue weighted by Crippen LogP contribution is 2.26. The first-order valence-corrected chi connectivity index (χ1v) is 9.82. The number of benzene rings is 2. The SMILES string of the molecule is O=C(O)c1ccc(COc2ccc(/C=N/NC(=O)c3ncccc3[N+](=O)[O-])cc2Br)cc1. The summed E-state index contributed by atoms with van der Waals surface area (Å²) in [6, 6.07) is 14.0. The number of aromatic carboxylic acids is 1. The Balaban J connectivity index is 1.60. The summed E-state index contributed by atoms with van der Waals surface area (Å²) in [5.74, 6) is -1.24. The molecule has 0 fully saturated rings. The van der Waals surface area contributed by atoms with Crippen LogP contribution in [0.25, 0.3) is 0 Å². The van der Waals surface area contributed by atoms with E-state index in [1.807, 2.05) is 0 Å². The van der Waals surface area contributed by atoms with Crippen LogP contribution in [0, 0.1) is 10.1 Å². The molecule has 0 spiro atoms. The lowest BCUT2D eigenvalue weighted by Crippen LogP contribution is -2.20. The minimum atomic E-state index is -0.994. The Morgan fingerprint density at radius 1 is 1.22 bits per heavy atom. The fraction of sp³-hybridized carbons (Fsp3) is 0.0476. The van der Waals surface area contributed by atoms with Gasteiger partial charge in [0.2, 0.25) is 5.69 Å². The van der Waals surface area contributed by atoms with E-state index in [0.717, 1.165) is 5.56 Å². The van der Waals surface area contributed by atoms with Crippen LogP contribution in [0.1, 0.15) is 32.0 Å². The van der Waals surface area contributed by atoms with Crippen LogP contribution in [0.3, 0.4) is 0 Å². The maximum Gasteiger partial charge on any atom is 0.335 e. The molecule has 162 valence electrons. The van der Waals surface area contributed by atoms with Crippen molar-refractivity contribution in [3.8, 4) is 5.75 Å². The summed E-state index contributed by atoms with van der Waals surface area (Å²) in [4.78, 5) is 37.0. The molecule has 0 aliphatic rings. The highest BCUT2D eigenvalue weighted by Gasteiger charge is 2.20. The first-order valence-electron chi connectivity index (χ1n) is 9.02. The zero-order chi connectivity index (χ0) is 23.1. The molecule has 3 rings (SSSR count). The minimum absolute atomic E-state index is 0.198. The summed E-state index contributed by atoms with van der Waals surface area (Å²) < 4.78 is 6.37. The third-order valence-corrected chi connectivity index (χ3v) is 4.75. The summed E-state index contributed by atoms with van der Waals surface area (Å²) in [5.41, 5.74) is 3.09. The Bertz CT molecular complexity index is 1200. The van der Waals surface area contributed by atoms with Crippen LogP contribution in [0.4, 0.5) is 5.69 Å². The molecule has 1 amide bonds. The topological polar surface area (TPSA) is 144 Å². The third kappa shape index (κ3) is 5.73. The smallest absolute Gasteiger partial charge is 0.335 e. The highest BCUT2D eigenvalue weighted by atomic mass is 79.9. The Morgan fingerprint density at radius 3 is 2.62 bits per heavy atom.